The summed E-state index contributed by atoms with van der Waals surface area (Å²) in [5.74, 6) is -0.164. The van der Waals surface area contributed by atoms with E-state index in [9.17, 15) is 9.59 Å². The summed E-state index contributed by atoms with van der Waals surface area (Å²) in [5, 5.41) is 11.7. The first-order valence-electron chi connectivity index (χ1n) is 8.05. The average Bonchev–Trinajstić information content (AvgIpc) is 3.20. The number of nitrogens with one attached hydrogen (secondary N) is 1. The Balaban J connectivity index is 1.81. The van der Waals surface area contributed by atoms with Crippen LogP contribution in [-0.4, -0.2) is 48.2 Å². The second-order valence-electron chi connectivity index (χ2n) is 5.96. The SMILES string of the molecule is COCc1nnc(NC(=O)[C@@H]2CC(=O)N(C)[C@@H]2c2cccc(OC)c2)s1. The topological polar surface area (TPSA) is 93.7 Å². The van der Waals surface area contributed by atoms with E-state index in [0.29, 0.717) is 22.5 Å². The average molecular weight is 376 g/mol. The summed E-state index contributed by atoms with van der Waals surface area (Å²) < 4.78 is 10.3. The van der Waals surface area contributed by atoms with Crippen molar-refractivity contribution >= 4 is 28.3 Å². The zero-order valence-electron chi connectivity index (χ0n) is 14.8. The molecular formula is C17H20N4O4S. The zero-order valence-corrected chi connectivity index (χ0v) is 15.6. The Bertz CT molecular complexity index is 810. The lowest BCUT2D eigenvalue weighted by molar-refractivity contribution is -0.127. The summed E-state index contributed by atoms with van der Waals surface area (Å²) in [6, 6.07) is 7.06. The Morgan fingerprint density at radius 3 is 2.92 bits per heavy atom. The summed E-state index contributed by atoms with van der Waals surface area (Å²) in [6.07, 6.45) is 0.147. The van der Waals surface area contributed by atoms with Crippen LogP contribution in [0.5, 0.6) is 5.75 Å². The number of anilines is 1. The van der Waals surface area contributed by atoms with Crippen LogP contribution in [0.25, 0.3) is 0 Å². The van der Waals surface area contributed by atoms with Crippen molar-refractivity contribution in [2.75, 3.05) is 26.6 Å². The lowest BCUT2D eigenvalue weighted by atomic mass is 9.93. The molecule has 0 saturated carbocycles. The highest BCUT2D eigenvalue weighted by Crippen LogP contribution is 2.38. The van der Waals surface area contributed by atoms with Gasteiger partial charge in [-0.1, -0.05) is 23.5 Å². The molecule has 9 heteroatoms. The first-order valence-corrected chi connectivity index (χ1v) is 8.87. The number of rotatable bonds is 6. The number of carbonyl (C=O) groups excluding carboxylic acids is 2. The van der Waals surface area contributed by atoms with Crippen LogP contribution in [0.4, 0.5) is 5.13 Å². The van der Waals surface area contributed by atoms with Gasteiger partial charge in [0.25, 0.3) is 0 Å². The van der Waals surface area contributed by atoms with Gasteiger partial charge in [-0.15, -0.1) is 10.2 Å². The van der Waals surface area contributed by atoms with E-state index in [1.165, 1.54) is 11.3 Å². The lowest BCUT2D eigenvalue weighted by Gasteiger charge is -2.25. The molecule has 2 amide bonds. The summed E-state index contributed by atoms with van der Waals surface area (Å²) in [5.41, 5.74) is 0.857. The monoisotopic (exact) mass is 376 g/mol. The smallest absolute Gasteiger partial charge is 0.232 e. The molecule has 3 rings (SSSR count). The number of hydrogen-bond donors (Lipinski definition) is 1. The molecule has 1 fully saturated rings. The molecule has 1 saturated heterocycles. The van der Waals surface area contributed by atoms with Gasteiger partial charge in [-0.2, -0.15) is 0 Å². The number of likely N-dealkylation sites (tertiary alicyclic amines) is 1. The Kier molecular flexibility index (Phi) is 5.48. The Morgan fingerprint density at radius 1 is 1.38 bits per heavy atom. The Hall–Kier alpha value is -2.52. The van der Waals surface area contributed by atoms with E-state index in [-0.39, 0.29) is 24.3 Å². The molecule has 2 aromatic rings. The van der Waals surface area contributed by atoms with Gasteiger partial charge >= 0.3 is 0 Å². The summed E-state index contributed by atoms with van der Waals surface area (Å²) in [6.45, 7) is 0.338. The van der Waals surface area contributed by atoms with Crippen molar-refractivity contribution in [3.05, 3.63) is 34.8 Å². The predicted molar refractivity (Wildman–Crippen MR) is 95.9 cm³/mol. The van der Waals surface area contributed by atoms with E-state index >= 15 is 0 Å². The molecule has 1 aromatic carbocycles. The maximum Gasteiger partial charge on any atom is 0.232 e. The molecule has 0 aliphatic carbocycles. The fourth-order valence-electron chi connectivity index (χ4n) is 3.07. The van der Waals surface area contributed by atoms with Gasteiger partial charge in [0.2, 0.25) is 16.9 Å². The zero-order chi connectivity index (χ0) is 18.7. The summed E-state index contributed by atoms with van der Waals surface area (Å²) in [4.78, 5) is 26.6. The van der Waals surface area contributed by atoms with Crippen molar-refractivity contribution in [1.82, 2.24) is 15.1 Å². The molecule has 2 atom stereocenters. The largest absolute Gasteiger partial charge is 0.497 e. The van der Waals surface area contributed by atoms with Crippen LogP contribution >= 0.6 is 11.3 Å². The maximum absolute atomic E-state index is 12.8. The van der Waals surface area contributed by atoms with Crippen LogP contribution in [0, 0.1) is 5.92 Å². The van der Waals surface area contributed by atoms with Gasteiger partial charge in [0, 0.05) is 20.6 Å². The number of nitrogens with zero attached hydrogens (tertiary/aromatic N) is 3. The standard InChI is InChI=1S/C17H20N4O4S/c1-21-14(22)8-12(15(21)10-5-4-6-11(7-10)25-3)16(23)18-17-20-19-13(26-17)9-24-2/h4-7,12,15H,8-9H2,1-3H3,(H,18,20,23)/t12-,15-/m1/s1. The van der Waals surface area contributed by atoms with Crippen molar-refractivity contribution in [1.29, 1.82) is 0 Å². The predicted octanol–water partition coefficient (Wildman–Crippen LogP) is 1.85. The number of carbonyl (C=O) groups is 2. The molecule has 1 N–H and O–H groups in total. The van der Waals surface area contributed by atoms with Crippen LogP contribution in [0.3, 0.4) is 0 Å². The second kappa shape index (κ2) is 7.79. The van der Waals surface area contributed by atoms with Crippen molar-refractivity contribution in [3.63, 3.8) is 0 Å². The lowest BCUT2D eigenvalue weighted by Crippen LogP contribution is -2.30. The van der Waals surface area contributed by atoms with E-state index in [1.54, 1.807) is 26.2 Å². The van der Waals surface area contributed by atoms with Gasteiger partial charge in [0.1, 0.15) is 17.4 Å². The third kappa shape index (κ3) is 3.68. The third-order valence-electron chi connectivity index (χ3n) is 4.32. The highest BCUT2D eigenvalue weighted by Gasteiger charge is 2.43. The first kappa shape index (κ1) is 18.3. The fraction of sp³-hybridized carbons (Fsp3) is 0.412. The summed E-state index contributed by atoms with van der Waals surface area (Å²) in [7, 11) is 4.86. The number of amides is 2. The van der Waals surface area contributed by atoms with Gasteiger partial charge in [-0.25, -0.2) is 0 Å². The molecule has 1 aromatic heterocycles. The van der Waals surface area contributed by atoms with Crippen LogP contribution in [0.2, 0.25) is 0 Å². The highest BCUT2D eigenvalue weighted by atomic mass is 32.1. The van der Waals surface area contributed by atoms with E-state index in [4.69, 9.17) is 9.47 Å². The Morgan fingerprint density at radius 2 is 2.19 bits per heavy atom. The van der Waals surface area contributed by atoms with Gasteiger partial charge in [0.05, 0.1) is 19.1 Å². The molecule has 26 heavy (non-hydrogen) atoms. The van der Waals surface area contributed by atoms with Crippen LogP contribution < -0.4 is 10.1 Å². The number of aromatic nitrogens is 2. The van der Waals surface area contributed by atoms with E-state index in [2.05, 4.69) is 15.5 Å². The first-order chi connectivity index (χ1) is 12.5. The fourth-order valence-corrected chi connectivity index (χ4v) is 3.79. The minimum atomic E-state index is -0.519. The van der Waals surface area contributed by atoms with E-state index in [1.807, 2.05) is 24.3 Å². The molecule has 0 spiro atoms. The minimum Gasteiger partial charge on any atom is -0.497 e. The number of methoxy groups -OCH3 is 2. The molecule has 138 valence electrons. The second-order valence-corrected chi connectivity index (χ2v) is 7.02. The van der Waals surface area contributed by atoms with Crippen molar-refractivity contribution in [2.45, 2.75) is 19.1 Å². The molecule has 8 nitrogen and oxygen atoms in total. The molecule has 0 bridgehead atoms. The Labute approximate surface area is 155 Å². The molecule has 1 aliphatic heterocycles. The molecule has 2 heterocycles. The number of benzene rings is 1. The molecule has 1 aliphatic rings. The summed E-state index contributed by atoms with van der Waals surface area (Å²) >= 11 is 1.25. The van der Waals surface area contributed by atoms with Gasteiger partial charge < -0.3 is 19.7 Å². The van der Waals surface area contributed by atoms with Crippen molar-refractivity contribution in [2.24, 2.45) is 5.92 Å². The van der Waals surface area contributed by atoms with Crippen LogP contribution in [0.15, 0.2) is 24.3 Å². The third-order valence-corrected chi connectivity index (χ3v) is 5.14. The van der Waals surface area contributed by atoms with Crippen molar-refractivity contribution < 1.29 is 19.1 Å². The normalized spacial score (nSPS) is 19.7. The van der Waals surface area contributed by atoms with Crippen LogP contribution in [-0.2, 0) is 20.9 Å². The molecular weight excluding hydrogens is 356 g/mol. The van der Waals surface area contributed by atoms with Crippen LogP contribution in [0.1, 0.15) is 23.0 Å². The number of ether oxygens (including phenoxy) is 2. The quantitative estimate of drug-likeness (QED) is 0.827. The van der Waals surface area contributed by atoms with Gasteiger partial charge in [-0.3, -0.25) is 9.59 Å². The molecule has 0 unspecified atom stereocenters. The van der Waals surface area contributed by atoms with Gasteiger partial charge in [0.15, 0.2) is 0 Å². The number of hydrogen-bond acceptors (Lipinski definition) is 7. The van der Waals surface area contributed by atoms with Gasteiger partial charge in [-0.05, 0) is 17.7 Å². The van der Waals surface area contributed by atoms with Crippen molar-refractivity contribution in [3.8, 4) is 5.75 Å². The minimum absolute atomic E-state index is 0.0738. The van der Waals surface area contributed by atoms with E-state index < -0.39 is 5.92 Å². The van der Waals surface area contributed by atoms with E-state index in [0.717, 1.165) is 5.56 Å². The maximum atomic E-state index is 12.8. The molecule has 0 radical (unpaired) electrons. The highest BCUT2D eigenvalue weighted by molar-refractivity contribution is 7.15.